The molecule has 5 aliphatic rings. The first kappa shape index (κ1) is 27.0. The second-order valence-electron chi connectivity index (χ2n) is 11.7. The Balaban J connectivity index is 1.24. The predicted molar refractivity (Wildman–Crippen MR) is 142 cm³/mol. The number of likely N-dealkylation sites (N-methyl/N-ethyl adjacent to an activating group) is 1. The van der Waals surface area contributed by atoms with E-state index in [9.17, 15) is 18.8 Å². The summed E-state index contributed by atoms with van der Waals surface area (Å²) in [4.78, 5) is 44.9. The van der Waals surface area contributed by atoms with Crippen molar-refractivity contribution in [1.82, 2.24) is 14.7 Å². The average Bonchev–Trinajstić information content (AvgIpc) is 3.52. The Morgan fingerprint density at radius 2 is 1.84 bits per heavy atom. The number of rotatable bonds is 5. The number of likely N-dealkylation sites (tertiary alicyclic amines) is 2. The molecule has 1 saturated carbocycles. The van der Waals surface area contributed by atoms with Gasteiger partial charge in [0.2, 0.25) is 11.8 Å². The molecular weight excluding hydrogens is 509 g/mol. The lowest BCUT2D eigenvalue weighted by molar-refractivity contribution is -0.142. The van der Waals surface area contributed by atoms with Crippen molar-refractivity contribution in [3.8, 4) is 0 Å². The van der Waals surface area contributed by atoms with Gasteiger partial charge in [-0.05, 0) is 56.3 Å². The fourth-order valence-corrected chi connectivity index (χ4v) is 6.28. The molecule has 0 spiro atoms. The molecule has 2 saturated heterocycles. The largest absolute Gasteiger partial charge is 0.415 e. The Morgan fingerprint density at radius 3 is 2.45 bits per heavy atom. The van der Waals surface area contributed by atoms with Crippen LogP contribution in [0.15, 0.2) is 47.0 Å². The van der Waals surface area contributed by atoms with E-state index in [1.165, 1.54) is 12.2 Å². The minimum absolute atomic E-state index is 0.0305. The van der Waals surface area contributed by atoms with Crippen LogP contribution in [0.5, 0.6) is 0 Å². The number of carbonyl (C=O) groups excluding carboxylic acids is 3. The van der Waals surface area contributed by atoms with Gasteiger partial charge in [0.1, 0.15) is 11.6 Å². The monoisotopic (exact) mass is 545 g/mol. The molecule has 7 nitrogen and oxygen atoms in total. The van der Waals surface area contributed by atoms with Crippen LogP contribution in [-0.4, -0.2) is 71.9 Å². The van der Waals surface area contributed by atoms with Crippen LogP contribution in [0.2, 0.25) is 0 Å². The number of ether oxygens (including phenoxy) is 1. The van der Waals surface area contributed by atoms with E-state index in [0.717, 1.165) is 19.3 Å². The lowest BCUT2D eigenvalue weighted by Crippen LogP contribution is -2.46. The van der Waals surface area contributed by atoms with E-state index < -0.39 is 6.09 Å². The fraction of sp³-hybridized carbons (Fsp3) is 0.621. The smallest absolute Gasteiger partial charge is 0.414 e. The van der Waals surface area contributed by atoms with E-state index >= 15 is 0 Å². The third-order valence-electron chi connectivity index (χ3n) is 8.99. The number of halogens is 2. The first-order valence-electron chi connectivity index (χ1n) is 13.8. The molecule has 38 heavy (non-hydrogen) atoms. The Bertz CT molecular complexity index is 1100. The lowest BCUT2D eigenvalue weighted by Gasteiger charge is -2.34. The minimum atomic E-state index is -0.495. The summed E-state index contributed by atoms with van der Waals surface area (Å²) < 4.78 is 18.9. The van der Waals surface area contributed by atoms with E-state index in [4.69, 9.17) is 16.3 Å². The molecule has 5 rings (SSSR count). The van der Waals surface area contributed by atoms with Crippen LogP contribution in [0, 0.1) is 23.2 Å². The normalized spacial score (nSPS) is 28.8. The predicted octanol–water partition coefficient (Wildman–Crippen LogP) is 5.15. The van der Waals surface area contributed by atoms with Crippen molar-refractivity contribution in [3.63, 3.8) is 0 Å². The summed E-state index contributed by atoms with van der Waals surface area (Å²) in [5.74, 6) is 0.603. The molecule has 0 aromatic carbocycles. The van der Waals surface area contributed by atoms with Crippen LogP contribution in [0.25, 0.3) is 0 Å². The van der Waals surface area contributed by atoms with E-state index in [1.807, 2.05) is 28.9 Å². The van der Waals surface area contributed by atoms with Gasteiger partial charge in [0.15, 0.2) is 0 Å². The molecule has 0 aromatic heterocycles. The molecule has 9 heteroatoms. The third-order valence-corrected chi connectivity index (χ3v) is 9.27. The zero-order chi connectivity index (χ0) is 27.0. The summed E-state index contributed by atoms with van der Waals surface area (Å²) >= 11 is 6.16. The maximum absolute atomic E-state index is 13.6. The van der Waals surface area contributed by atoms with Crippen LogP contribution >= 0.6 is 11.6 Å². The minimum Gasteiger partial charge on any atom is -0.415 e. The second kappa shape index (κ2) is 10.9. The summed E-state index contributed by atoms with van der Waals surface area (Å²) in [7, 11) is 1.71. The summed E-state index contributed by atoms with van der Waals surface area (Å²) in [6.07, 6.45) is 12.8. The number of nitrogens with zero attached hydrogens (tertiary/aromatic N) is 3. The van der Waals surface area contributed by atoms with E-state index in [1.54, 1.807) is 11.9 Å². The Labute approximate surface area is 229 Å². The molecule has 1 unspecified atom stereocenters. The number of hydrogen-bond acceptors (Lipinski definition) is 4. The fourth-order valence-electron chi connectivity index (χ4n) is 6.12. The average molecular weight is 546 g/mol. The third kappa shape index (κ3) is 5.70. The topological polar surface area (TPSA) is 70.2 Å². The van der Waals surface area contributed by atoms with Gasteiger partial charge in [-0.15, -0.1) is 0 Å². The molecule has 0 N–H and O–H groups in total. The number of hydrogen-bond donors (Lipinski definition) is 0. The maximum Gasteiger partial charge on any atom is 0.414 e. The molecule has 3 atom stereocenters. The van der Waals surface area contributed by atoms with Gasteiger partial charge in [-0.25, -0.2) is 9.18 Å². The molecular formula is C29H37ClFN3O4. The highest BCUT2D eigenvalue weighted by molar-refractivity contribution is 6.31. The van der Waals surface area contributed by atoms with Crippen LogP contribution in [0.3, 0.4) is 0 Å². The van der Waals surface area contributed by atoms with Crippen LogP contribution in [-0.2, 0) is 14.3 Å². The van der Waals surface area contributed by atoms with Crippen molar-refractivity contribution >= 4 is 29.5 Å². The molecule has 3 amide bonds. The second-order valence-corrected chi connectivity index (χ2v) is 12.1. The first-order chi connectivity index (χ1) is 18.1. The summed E-state index contributed by atoms with van der Waals surface area (Å²) in [5.41, 5.74) is -0.186. The quantitative estimate of drug-likeness (QED) is 0.479. The Morgan fingerprint density at radius 1 is 1.11 bits per heavy atom. The van der Waals surface area contributed by atoms with E-state index in [2.05, 4.69) is 6.08 Å². The SMILES string of the molecule is CN(C(=O)OC1=CC=C(F)CC1)[C@H]1CN(C(=O)C2CCN(C(=O)C3(C)CC3)CC2)C[C@@H]1C1C=CC(Cl)=CC1. The van der Waals surface area contributed by atoms with Crippen molar-refractivity contribution < 1.29 is 23.5 Å². The van der Waals surface area contributed by atoms with Crippen LogP contribution in [0.4, 0.5) is 9.18 Å². The maximum atomic E-state index is 13.6. The number of carbonyl (C=O) groups is 3. The summed E-state index contributed by atoms with van der Waals surface area (Å²) in [5, 5.41) is 0.697. The zero-order valence-corrected chi connectivity index (χ0v) is 23.0. The van der Waals surface area contributed by atoms with Crippen LogP contribution in [0.1, 0.15) is 51.9 Å². The van der Waals surface area contributed by atoms with Crippen molar-refractivity contribution in [2.24, 2.45) is 23.2 Å². The van der Waals surface area contributed by atoms with Gasteiger partial charge in [0.05, 0.1) is 6.04 Å². The molecule has 2 aliphatic heterocycles. The Kier molecular flexibility index (Phi) is 7.72. The Hall–Kier alpha value is -2.61. The van der Waals surface area contributed by atoms with Gasteiger partial charge in [-0.2, -0.15) is 0 Å². The molecule has 0 radical (unpaired) electrons. The molecule has 0 bridgehead atoms. The lowest BCUT2D eigenvalue weighted by atomic mass is 9.83. The van der Waals surface area contributed by atoms with Gasteiger partial charge in [-0.1, -0.05) is 30.7 Å². The molecule has 2 heterocycles. The van der Waals surface area contributed by atoms with E-state index in [0.29, 0.717) is 56.2 Å². The van der Waals surface area contributed by atoms with Gasteiger partial charge in [0.25, 0.3) is 0 Å². The van der Waals surface area contributed by atoms with Crippen molar-refractivity contribution in [1.29, 1.82) is 0 Å². The highest BCUT2D eigenvalue weighted by atomic mass is 35.5. The summed E-state index contributed by atoms with van der Waals surface area (Å²) in [6.45, 7) is 4.25. The van der Waals surface area contributed by atoms with Crippen molar-refractivity contribution in [3.05, 3.63) is 47.0 Å². The van der Waals surface area contributed by atoms with Gasteiger partial charge >= 0.3 is 6.09 Å². The number of allylic oxidation sites excluding steroid dienone is 8. The van der Waals surface area contributed by atoms with Crippen molar-refractivity contribution in [2.45, 2.75) is 57.9 Å². The number of amides is 3. The van der Waals surface area contributed by atoms with E-state index in [-0.39, 0.29) is 53.3 Å². The van der Waals surface area contributed by atoms with Crippen LogP contribution < -0.4 is 0 Å². The molecule has 3 fully saturated rings. The highest BCUT2D eigenvalue weighted by Gasteiger charge is 2.48. The highest BCUT2D eigenvalue weighted by Crippen LogP contribution is 2.47. The van der Waals surface area contributed by atoms with Gasteiger partial charge < -0.3 is 19.4 Å². The number of piperidine rings is 1. The molecule has 3 aliphatic carbocycles. The zero-order valence-electron chi connectivity index (χ0n) is 22.2. The van der Waals surface area contributed by atoms with Gasteiger partial charge in [0, 0.05) is 68.4 Å². The van der Waals surface area contributed by atoms with Gasteiger partial charge in [-0.3, -0.25) is 9.59 Å². The molecule has 206 valence electrons. The standard InChI is InChI=1S/C29H37ClFN3O4/c1-29(13-14-29)27(36)33-15-11-20(12-16-33)26(35)34-17-24(19-3-5-21(30)6-4-19)25(18-34)32(2)28(37)38-23-9-7-22(31)8-10-23/h3,5-7,9,19-20,24-25H,4,8,10-18H2,1-2H3/t19?,24-,25+/m1/s1. The van der Waals surface area contributed by atoms with Crippen molar-refractivity contribution in [2.75, 3.05) is 33.2 Å². The summed E-state index contributed by atoms with van der Waals surface area (Å²) in [6, 6.07) is -0.223. The first-order valence-corrected chi connectivity index (χ1v) is 14.1. The molecule has 0 aromatic rings.